The van der Waals surface area contributed by atoms with Gasteiger partial charge in [-0.25, -0.2) is 0 Å². The van der Waals surface area contributed by atoms with Gasteiger partial charge in [-0.2, -0.15) is 0 Å². The van der Waals surface area contributed by atoms with Crippen LogP contribution in [0.5, 0.6) is 0 Å². The number of fused-ring (bicyclic) bond motifs is 1. The van der Waals surface area contributed by atoms with E-state index in [1.54, 1.807) is 11.3 Å². The van der Waals surface area contributed by atoms with Crippen LogP contribution in [-0.2, 0) is 11.2 Å². The van der Waals surface area contributed by atoms with Crippen LogP contribution in [0.3, 0.4) is 0 Å². The van der Waals surface area contributed by atoms with Gasteiger partial charge in [0.25, 0.3) is 0 Å². The third-order valence-electron chi connectivity index (χ3n) is 5.88. The normalized spacial score (nSPS) is 19.4. The second-order valence-corrected chi connectivity index (χ2v) is 8.91. The lowest BCUT2D eigenvalue weighted by atomic mass is 9.56. The van der Waals surface area contributed by atoms with E-state index in [0.717, 1.165) is 47.3 Å². The van der Waals surface area contributed by atoms with Crippen LogP contribution >= 0.6 is 11.3 Å². The number of pyridine rings is 1. The molecule has 1 aromatic carbocycles. The molecular weight excluding hydrogens is 342 g/mol. The molecule has 0 atom stereocenters. The Morgan fingerprint density at radius 2 is 2.08 bits per heavy atom. The van der Waals surface area contributed by atoms with Crippen molar-refractivity contribution in [1.29, 1.82) is 0 Å². The van der Waals surface area contributed by atoms with Gasteiger partial charge in [0.15, 0.2) is 0 Å². The van der Waals surface area contributed by atoms with Crippen molar-refractivity contribution in [2.45, 2.75) is 19.3 Å². The van der Waals surface area contributed by atoms with E-state index in [-0.39, 0.29) is 5.92 Å². The van der Waals surface area contributed by atoms with Crippen LogP contribution in [0.2, 0.25) is 0 Å². The molecule has 4 nitrogen and oxygen atoms in total. The van der Waals surface area contributed by atoms with E-state index < -0.39 is 0 Å². The van der Waals surface area contributed by atoms with E-state index in [9.17, 15) is 4.79 Å². The molecule has 0 radical (unpaired) electrons. The van der Waals surface area contributed by atoms with E-state index in [1.165, 1.54) is 5.56 Å². The fraction of sp³-hybridized carbons (Fsp3) is 0.381. The maximum atomic E-state index is 12.6. The van der Waals surface area contributed by atoms with Gasteiger partial charge in [-0.3, -0.25) is 14.8 Å². The highest BCUT2D eigenvalue weighted by atomic mass is 32.1. The smallest absolute Gasteiger partial charge is 0.141 e. The highest BCUT2D eigenvalue weighted by Gasteiger charge is 2.52. The van der Waals surface area contributed by atoms with E-state index in [4.69, 9.17) is 0 Å². The minimum Gasteiger partial charge on any atom is -0.305 e. The molecule has 1 aliphatic carbocycles. The summed E-state index contributed by atoms with van der Waals surface area (Å²) < 4.78 is 0. The minimum absolute atomic E-state index is 0.240. The van der Waals surface area contributed by atoms with Gasteiger partial charge < -0.3 is 4.90 Å². The number of carbonyl (C=O) groups is 1. The molecule has 5 heteroatoms. The maximum absolute atomic E-state index is 12.6. The summed E-state index contributed by atoms with van der Waals surface area (Å²) in [6, 6.07) is 8.43. The molecule has 1 spiro atoms. The summed E-state index contributed by atoms with van der Waals surface area (Å²) in [5.41, 5.74) is 4.35. The first-order valence-corrected chi connectivity index (χ1v) is 9.97. The number of thiazole rings is 1. The monoisotopic (exact) mass is 363 g/mol. The molecule has 0 bridgehead atoms. The molecule has 3 aromatic rings. The number of hydrogen-bond acceptors (Lipinski definition) is 5. The number of rotatable bonds is 4. The van der Waals surface area contributed by atoms with E-state index in [0.29, 0.717) is 17.6 Å². The highest BCUT2D eigenvalue weighted by Crippen LogP contribution is 2.51. The second kappa shape index (κ2) is 5.96. The minimum atomic E-state index is 0.240. The fourth-order valence-corrected chi connectivity index (χ4v) is 5.31. The van der Waals surface area contributed by atoms with Crippen LogP contribution in [0.25, 0.3) is 21.2 Å². The number of nitrogens with zero attached hydrogens (tertiary/aromatic N) is 3. The zero-order valence-electron chi connectivity index (χ0n) is 14.8. The van der Waals surface area contributed by atoms with Crippen LogP contribution in [0.15, 0.2) is 42.2 Å². The lowest BCUT2D eigenvalue weighted by Gasteiger charge is -2.58. The topological polar surface area (TPSA) is 46.1 Å². The number of likely N-dealkylation sites (tertiary alicyclic amines) is 1. The van der Waals surface area contributed by atoms with Gasteiger partial charge in [-0.05, 0) is 48.4 Å². The van der Waals surface area contributed by atoms with Crippen LogP contribution in [0.1, 0.15) is 18.5 Å². The van der Waals surface area contributed by atoms with Crippen LogP contribution in [0, 0.1) is 11.3 Å². The average molecular weight is 363 g/mol. The van der Waals surface area contributed by atoms with Gasteiger partial charge in [-0.1, -0.05) is 12.1 Å². The Morgan fingerprint density at radius 3 is 2.81 bits per heavy atom. The van der Waals surface area contributed by atoms with E-state index in [1.807, 2.05) is 17.9 Å². The molecule has 26 heavy (non-hydrogen) atoms. The maximum Gasteiger partial charge on any atom is 0.141 e. The van der Waals surface area contributed by atoms with Gasteiger partial charge >= 0.3 is 0 Å². The molecule has 2 aliphatic rings. The summed E-state index contributed by atoms with van der Waals surface area (Å²) in [4.78, 5) is 24.8. The van der Waals surface area contributed by atoms with Crippen molar-refractivity contribution in [1.82, 2.24) is 14.9 Å². The second-order valence-electron chi connectivity index (χ2n) is 8.02. The lowest BCUT2D eigenvalue weighted by molar-refractivity contribution is -0.139. The Hall–Kier alpha value is -2.11. The van der Waals surface area contributed by atoms with Crippen molar-refractivity contribution < 1.29 is 4.79 Å². The molecule has 132 valence electrons. The molecule has 0 N–H and O–H groups in total. The third-order valence-corrected chi connectivity index (χ3v) is 6.70. The van der Waals surface area contributed by atoms with E-state index in [2.05, 4.69) is 46.2 Å². The standard InChI is InChI=1S/C21H21N3OS/c1-24-11-21(12-24)7-17(8-21)19(25)6-18-5-16-4-14(20-10-22-13-26-20)2-3-15(16)9-23-18/h2-5,9-10,13,17H,6-8,11-12H2,1H3. The number of Topliss-reactive ketones (excluding diaryl/α,β-unsaturated/α-hetero) is 1. The Morgan fingerprint density at radius 1 is 1.23 bits per heavy atom. The van der Waals surface area contributed by atoms with Crippen LogP contribution in [0.4, 0.5) is 0 Å². The summed E-state index contributed by atoms with van der Waals surface area (Å²) >= 11 is 1.64. The molecule has 0 amide bonds. The van der Waals surface area contributed by atoms with Gasteiger partial charge in [0, 0.05) is 48.9 Å². The molecule has 1 saturated carbocycles. The zero-order valence-corrected chi connectivity index (χ0v) is 15.6. The summed E-state index contributed by atoms with van der Waals surface area (Å²) in [6.07, 6.45) is 6.37. The lowest BCUT2D eigenvalue weighted by Crippen LogP contribution is -2.61. The number of ketones is 1. The number of benzene rings is 1. The third kappa shape index (κ3) is 2.75. The molecular formula is C21H21N3OS. The molecule has 0 unspecified atom stereocenters. The first kappa shape index (κ1) is 16.1. The Balaban J connectivity index is 1.32. The SMILES string of the molecule is CN1CC2(CC(C(=O)Cc3cc4cc(-c5cncs5)ccc4cn3)C2)C1. The predicted molar refractivity (Wildman–Crippen MR) is 104 cm³/mol. The quantitative estimate of drug-likeness (QED) is 0.707. The molecule has 1 saturated heterocycles. The number of carbonyl (C=O) groups excluding carboxylic acids is 1. The van der Waals surface area contributed by atoms with Crippen LogP contribution in [-0.4, -0.2) is 40.8 Å². The van der Waals surface area contributed by atoms with Crippen LogP contribution < -0.4 is 0 Å². The Bertz CT molecular complexity index is 968. The van der Waals surface area contributed by atoms with Crippen molar-refractivity contribution in [3.63, 3.8) is 0 Å². The molecule has 5 rings (SSSR count). The Kier molecular flexibility index (Phi) is 3.69. The van der Waals surface area contributed by atoms with Gasteiger partial charge in [0.1, 0.15) is 5.78 Å². The molecule has 2 fully saturated rings. The zero-order chi connectivity index (χ0) is 17.7. The number of hydrogen-bond donors (Lipinski definition) is 0. The average Bonchev–Trinajstić information content (AvgIpc) is 3.10. The van der Waals surface area contributed by atoms with E-state index >= 15 is 0 Å². The summed E-state index contributed by atoms with van der Waals surface area (Å²) in [6.45, 7) is 2.32. The highest BCUT2D eigenvalue weighted by molar-refractivity contribution is 7.13. The number of aromatic nitrogens is 2. The van der Waals surface area contributed by atoms with Gasteiger partial charge in [0.05, 0.1) is 10.4 Å². The van der Waals surface area contributed by atoms with Gasteiger partial charge in [-0.15, -0.1) is 11.3 Å². The molecule has 1 aliphatic heterocycles. The predicted octanol–water partition coefficient (Wildman–Crippen LogP) is 3.81. The fourth-order valence-electron chi connectivity index (χ4n) is 4.69. The van der Waals surface area contributed by atoms with Crippen molar-refractivity contribution >= 4 is 27.9 Å². The molecule has 2 aromatic heterocycles. The van der Waals surface area contributed by atoms with Crippen molar-refractivity contribution in [2.24, 2.45) is 11.3 Å². The Labute approximate surface area is 156 Å². The summed E-state index contributed by atoms with van der Waals surface area (Å²) in [5.74, 6) is 0.598. The summed E-state index contributed by atoms with van der Waals surface area (Å²) in [5, 5.41) is 2.24. The summed E-state index contributed by atoms with van der Waals surface area (Å²) in [7, 11) is 2.15. The molecule has 3 heterocycles. The largest absolute Gasteiger partial charge is 0.305 e. The first-order valence-electron chi connectivity index (χ1n) is 9.09. The van der Waals surface area contributed by atoms with Crippen molar-refractivity contribution in [3.8, 4) is 10.4 Å². The van der Waals surface area contributed by atoms with Crippen molar-refractivity contribution in [2.75, 3.05) is 20.1 Å². The first-order chi connectivity index (χ1) is 12.6. The van der Waals surface area contributed by atoms with Crippen molar-refractivity contribution in [3.05, 3.63) is 47.9 Å². The van der Waals surface area contributed by atoms with Gasteiger partial charge in [0.2, 0.25) is 0 Å².